The van der Waals surface area contributed by atoms with Gasteiger partial charge in [0, 0.05) is 22.6 Å². The van der Waals surface area contributed by atoms with E-state index >= 15 is 0 Å². The highest BCUT2D eigenvalue weighted by Gasteiger charge is 2.28. The van der Waals surface area contributed by atoms with Crippen LogP contribution in [0, 0.1) is 0 Å². The van der Waals surface area contributed by atoms with Gasteiger partial charge in [0.2, 0.25) is 0 Å². The second kappa shape index (κ2) is 13.0. The molecule has 0 atom stereocenters. The summed E-state index contributed by atoms with van der Waals surface area (Å²) in [4.78, 5) is 2.35. The summed E-state index contributed by atoms with van der Waals surface area (Å²) in [5.41, 5.74) is 13.5. The quantitative estimate of drug-likeness (QED) is 0.174. The van der Waals surface area contributed by atoms with Crippen LogP contribution in [-0.2, 0) is 13.0 Å². The third-order valence-corrected chi connectivity index (χ3v) is 10.4. The Morgan fingerprint density at radius 2 is 1.09 bits per heavy atom. The van der Waals surface area contributed by atoms with Gasteiger partial charge in [0.15, 0.2) is 0 Å². The molecule has 0 bridgehead atoms. The number of fused-ring (bicyclic) bond motifs is 6. The summed E-state index contributed by atoms with van der Waals surface area (Å²) >= 11 is 0. The molecule has 0 N–H and O–H groups in total. The van der Waals surface area contributed by atoms with Crippen molar-refractivity contribution in [2.45, 2.75) is 13.0 Å². The molecule has 8 aromatic carbocycles. The van der Waals surface area contributed by atoms with Crippen LogP contribution < -0.4 is 14.4 Å². The molecule has 2 aliphatic heterocycles. The molecule has 0 amide bonds. The van der Waals surface area contributed by atoms with Crippen LogP contribution in [0.1, 0.15) is 16.7 Å². The number of anilines is 3. The minimum Gasteiger partial charge on any atom is -0.488 e. The first kappa shape index (κ1) is 30.9. The minimum absolute atomic E-state index is 0.480. The van der Waals surface area contributed by atoms with Crippen LogP contribution in [0.5, 0.6) is 11.5 Å². The summed E-state index contributed by atoms with van der Waals surface area (Å²) < 4.78 is 13.2. The first-order chi connectivity index (χ1) is 26.2. The van der Waals surface area contributed by atoms with Crippen LogP contribution >= 0.6 is 0 Å². The van der Waals surface area contributed by atoms with E-state index in [1.54, 1.807) is 0 Å². The Kier molecular flexibility index (Phi) is 7.62. The van der Waals surface area contributed by atoms with Crippen LogP contribution in [-0.4, -0.2) is 0 Å². The van der Waals surface area contributed by atoms with Crippen molar-refractivity contribution in [2.75, 3.05) is 4.90 Å². The number of allylic oxidation sites excluding steroid dienone is 1. The third-order valence-electron chi connectivity index (χ3n) is 10.4. The average molecular weight is 682 g/mol. The zero-order valence-corrected chi connectivity index (χ0v) is 29.1. The summed E-state index contributed by atoms with van der Waals surface area (Å²) in [6, 6.07) is 64.8. The Bertz CT molecular complexity index is 2660. The van der Waals surface area contributed by atoms with Gasteiger partial charge in [-0.15, -0.1) is 0 Å². The van der Waals surface area contributed by atoms with E-state index in [-0.39, 0.29) is 0 Å². The molecule has 8 aromatic rings. The SMILES string of the molecule is C1=C(c2ccccc2)Oc2c(ccc3c2-c2ccc(N(c4ccc(-c5ccccc5)cc4)c4cccc(-c5ccc6ccccc6c5)c4)cc2CO3)C1. The van der Waals surface area contributed by atoms with Crippen LogP contribution in [0.3, 0.4) is 0 Å². The average Bonchev–Trinajstić information content (AvgIpc) is 3.24. The van der Waals surface area contributed by atoms with Gasteiger partial charge in [-0.25, -0.2) is 0 Å². The number of hydrogen-bond donors (Lipinski definition) is 0. The van der Waals surface area contributed by atoms with E-state index in [4.69, 9.17) is 9.47 Å². The second-order valence-electron chi connectivity index (χ2n) is 13.7. The Morgan fingerprint density at radius 1 is 0.434 bits per heavy atom. The minimum atomic E-state index is 0.480. The molecule has 0 aliphatic carbocycles. The van der Waals surface area contributed by atoms with Crippen LogP contribution in [0.25, 0.3) is 49.9 Å². The molecule has 0 radical (unpaired) electrons. The topological polar surface area (TPSA) is 21.7 Å². The summed E-state index contributed by atoms with van der Waals surface area (Å²) in [5.74, 6) is 2.62. The number of benzene rings is 8. The lowest BCUT2D eigenvalue weighted by atomic mass is 9.91. The molecule has 0 saturated heterocycles. The van der Waals surface area contributed by atoms with Gasteiger partial charge in [-0.05, 0) is 111 Å². The first-order valence-electron chi connectivity index (χ1n) is 18.2. The van der Waals surface area contributed by atoms with Crippen molar-refractivity contribution in [1.82, 2.24) is 0 Å². The molecule has 0 aromatic heterocycles. The van der Waals surface area contributed by atoms with Crippen molar-refractivity contribution in [3.05, 3.63) is 205 Å². The fourth-order valence-corrected chi connectivity index (χ4v) is 7.71. The fraction of sp³-hybridized carbons (Fsp3) is 0.0400. The molecule has 10 rings (SSSR count). The Morgan fingerprint density at radius 3 is 1.92 bits per heavy atom. The van der Waals surface area contributed by atoms with Gasteiger partial charge in [-0.3, -0.25) is 0 Å². The molecule has 0 spiro atoms. The molecular formula is C50H35NO2. The Hall–Kier alpha value is -6.84. The summed E-state index contributed by atoms with van der Waals surface area (Å²) in [7, 11) is 0. The van der Waals surface area contributed by atoms with Crippen molar-refractivity contribution < 1.29 is 9.47 Å². The first-order valence-corrected chi connectivity index (χ1v) is 18.2. The summed E-state index contributed by atoms with van der Waals surface area (Å²) in [5, 5.41) is 2.47. The van der Waals surface area contributed by atoms with E-state index in [0.717, 1.165) is 68.6 Å². The zero-order valence-electron chi connectivity index (χ0n) is 29.1. The molecule has 0 unspecified atom stereocenters. The smallest absolute Gasteiger partial charge is 0.142 e. The largest absolute Gasteiger partial charge is 0.488 e. The lowest BCUT2D eigenvalue weighted by Crippen LogP contribution is -2.13. The number of ether oxygens (including phenoxy) is 2. The highest BCUT2D eigenvalue weighted by atomic mass is 16.5. The van der Waals surface area contributed by atoms with E-state index in [2.05, 4.69) is 175 Å². The predicted octanol–water partition coefficient (Wildman–Crippen LogP) is 13.2. The van der Waals surface area contributed by atoms with Crippen molar-refractivity contribution in [2.24, 2.45) is 0 Å². The zero-order chi connectivity index (χ0) is 35.1. The van der Waals surface area contributed by atoms with E-state index in [9.17, 15) is 0 Å². The van der Waals surface area contributed by atoms with Crippen LogP contribution in [0.2, 0.25) is 0 Å². The molecule has 0 fully saturated rings. The molecule has 3 heteroatoms. The van der Waals surface area contributed by atoms with Gasteiger partial charge >= 0.3 is 0 Å². The van der Waals surface area contributed by atoms with Gasteiger partial charge in [0.25, 0.3) is 0 Å². The van der Waals surface area contributed by atoms with Crippen molar-refractivity contribution in [3.63, 3.8) is 0 Å². The number of hydrogen-bond acceptors (Lipinski definition) is 3. The highest BCUT2D eigenvalue weighted by molar-refractivity contribution is 5.90. The standard InChI is InChI=1S/C50H35NO2/c1-3-10-34(11-4-1)36-20-24-43(25-21-36)51(44-17-9-16-40(31-44)41-19-18-35-12-7-8-15-39(35)30-41)45-26-27-46-42(32-45)33-52-48-29-23-38-22-28-47(53-50(38)49(46)48)37-13-5-2-6-14-37/h1-21,23-32H,22,33H2. The van der Waals surface area contributed by atoms with Gasteiger partial charge in [0.05, 0.1) is 5.56 Å². The Labute approximate surface area is 309 Å². The van der Waals surface area contributed by atoms with Crippen molar-refractivity contribution in [3.8, 4) is 44.9 Å². The molecule has 2 heterocycles. The van der Waals surface area contributed by atoms with Gasteiger partial charge in [-0.1, -0.05) is 133 Å². The number of nitrogens with zero attached hydrogens (tertiary/aromatic N) is 1. The fourth-order valence-electron chi connectivity index (χ4n) is 7.71. The third kappa shape index (κ3) is 5.73. The molecule has 252 valence electrons. The van der Waals surface area contributed by atoms with Crippen LogP contribution in [0.4, 0.5) is 17.1 Å². The van der Waals surface area contributed by atoms with E-state index < -0.39 is 0 Å². The van der Waals surface area contributed by atoms with E-state index in [1.165, 1.54) is 33.0 Å². The van der Waals surface area contributed by atoms with E-state index in [0.29, 0.717) is 6.61 Å². The Balaban J connectivity index is 1.07. The van der Waals surface area contributed by atoms with E-state index in [1.807, 2.05) is 18.2 Å². The maximum Gasteiger partial charge on any atom is 0.142 e. The summed E-state index contributed by atoms with van der Waals surface area (Å²) in [6.07, 6.45) is 2.98. The predicted molar refractivity (Wildman–Crippen MR) is 218 cm³/mol. The second-order valence-corrected chi connectivity index (χ2v) is 13.7. The van der Waals surface area contributed by atoms with Crippen LogP contribution in [0.15, 0.2) is 188 Å². The monoisotopic (exact) mass is 681 g/mol. The number of rotatable bonds is 6. The normalized spacial score (nSPS) is 12.8. The van der Waals surface area contributed by atoms with Gasteiger partial charge in [-0.2, -0.15) is 0 Å². The molecular weight excluding hydrogens is 647 g/mol. The van der Waals surface area contributed by atoms with Crippen molar-refractivity contribution in [1.29, 1.82) is 0 Å². The highest BCUT2D eigenvalue weighted by Crippen LogP contribution is 2.50. The maximum atomic E-state index is 6.69. The molecule has 53 heavy (non-hydrogen) atoms. The van der Waals surface area contributed by atoms with Crippen molar-refractivity contribution >= 4 is 33.6 Å². The van der Waals surface area contributed by atoms with Gasteiger partial charge < -0.3 is 14.4 Å². The molecule has 2 aliphatic rings. The maximum absolute atomic E-state index is 6.69. The lowest BCUT2D eigenvalue weighted by molar-refractivity contribution is 0.300. The molecule has 3 nitrogen and oxygen atoms in total. The lowest BCUT2D eigenvalue weighted by Gasteiger charge is -2.30. The molecule has 0 saturated carbocycles. The van der Waals surface area contributed by atoms with Gasteiger partial charge in [0.1, 0.15) is 23.9 Å². The summed E-state index contributed by atoms with van der Waals surface area (Å²) in [6.45, 7) is 0.480.